The number of rotatable bonds is 4. The highest BCUT2D eigenvalue weighted by Gasteiger charge is 2.39. The molecule has 0 bridgehead atoms. The minimum absolute atomic E-state index is 0.121. The number of hydrogen-bond acceptors (Lipinski definition) is 4. The molecule has 0 radical (unpaired) electrons. The van der Waals surface area contributed by atoms with Crippen molar-refractivity contribution < 1.29 is 14.3 Å². The molecule has 3 aliphatic heterocycles. The van der Waals surface area contributed by atoms with Gasteiger partial charge in [0.2, 0.25) is 11.8 Å². The highest BCUT2D eigenvalue weighted by atomic mass is 16.5. The van der Waals surface area contributed by atoms with Gasteiger partial charge in [-0.2, -0.15) is 0 Å². The average molecular weight is 323 g/mol. The summed E-state index contributed by atoms with van der Waals surface area (Å²) in [6.07, 6.45) is 6.20. The van der Waals surface area contributed by atoms with Crippen LogP contribution in [0, 0.1) is 0 Å². The number of nitrogens with zero attached hydrogens (tertiary/aromatic N) is 2. The molecule has 0 saturated carbocycles. The summed E-state index contributed by atoms with van der Waals surface area (Å²) in [5, 5.41) is 3.15. The monoisotopic (exact) mass is 323 g/mol. The summed E-state index contributed by atoms with van der Waals surface area (Å²) in [7, 11) is 0. The Morgan fingerprint density at radius 2 is 1.74 bits per heavy atom. The lowest BCUT2D eigenvalue weighted by molar-refractivity contribution is -0.130. The standard InChI is InChI=1S/C17H29N3O3/c1-13(21)20-9-3-5-16(20)15-4-2-8-19(15)12-17(22)18-14-6-10-23-11-7-14/h14-16H,2-12H2,1H3,(H,18,22). The van der Waals surface area contributed by atoms with Crippen molar-refractivity contribution in [2.75, 3.05) is 32.8 Å². The van der Waals surface area contributed by atoms with Crippen molar-refractivity contribution in [1.29, 1.82) is 0 Å². The molecular weight excluding hydrogens is 294 g/mol. The normalized spacial score (nSPS) is 29.9. The molecule has 6 heteroatoms. The fraction of sp³-hybridized carbons (Fsp3) is 0.882. The van der Waals surface area contributed by atoms with Gasteiger partial charge in [0, 0.05) is 44.8 Å². The summed E-state index contributed by atoms with van der Waals surface area (Å²) in [6.45, 7) is 5.45. The minimum Gasteiger partial charge on any atom is -0.381 e. The van der Waals surface area contributed by atoms with Gasteiger partial charge < -0.3 is 15.0 Å². The Morgan fingerprint density at radius 1 is 1.04 bits per heavy atom. The number of nitrogens with one attached hydrogen (secondary N) is 1. The number of carbonyl (C=O) groups is 2. The van der Waals surface area contributed by atoms with Crippen molar-refractivity contribution in [3.05, 3.63) is 0 Å². The molecule has 3 heterocycles. The Hall–Kier alpha value is -1.14. The fourth-order valence-electron chi connectivity index (χ4n) is 4.37. The number of carbonyl (C=O) groups excluding carboxylic acids is 2. The number of amides is 2. The molecule has 2 unspecified atom stereocenters. The van der Waals surface area contributed by atoms with E-state index in [2.05, 4.69) is 10.2 Å². The van der Waals surface area contributed by atoms with Crippen LogP contribution in [0.25, 0.3) is 0 Å². The number of ether oxygens (including phenoxy) is 1. The smallest absolute Gasteiger partial charge is 0.234 e. The molecule has 1 N–H and O–H groups in total. The van der Waals surface area contributed by atoms with E-state index in [-0.39, 0.29) is 17.9 Å². The van der Waals surface area contributed by atoms with Gasteiger partial charge in [0.05, 0.1) is 6.54 Å². The summed E-state index contributed by atoms with van der Waals surface area (Å²) in [5.41, 5.74) is 0. The van der Waals surface area contributed by atoms with Gasteiger partial charge in [-0.15, -0.1) is 0 Å². The molecule has 0 aromatic carbocycles. The average Bonchev–Trinajstić information content (AvgIpc) is 3.16. The van der Waals surface area contributed by atoms with E-state index in [1.165, 1.54) is 0 Å². The van der Waals surface area contributed by atoms with E-state index in [1.54, 1.807) is 6.92 Å². The Morgan fingerprint density at radius 3 is 2.48 bits per heavy atom. The molecule has 3 saturated heterocycles. The Balaban J connectivity index is 1.54. The maximum Gasteiger partial charge on any atom is 0.234 e. The van der Waals surface area contributed by atoms with Crippen LogP contribution >= 0.6 is 0 Å². The van der Waals surface area contributed by atoms with Gasteiger partial charge in [0.15, 0.2) is 0 Å². The molecule has 2 atom stereocenters. The quantitative estimate of drug-likeness (QED) is 0.830. The summed E-state index contributed by atoms with van der Waals surface area (Å²) in [4.78, 5) is 28.5. The van der Waals surface area contributed by atoms with Crippen molar-refractivity contribution in [3.8, 4) is 0 Å². The maximum absolute atomic E-state index is 12.4. The first kappa shape index (κ1) is 16.7. The van der Waals surface area contributed by atoms with Crippen LogP contribution in [0.2, 0.25) is 0 Å². The van der Waals surface area contributed by atoms with Crippen molar-refractivity contribution in [1.82, 2.24) is 15.1 Å². The first-order valence-electron chi connectivity index (χ1n) is 9.03. The highest BCUT2D eigenvalue weighted by molar-refractivity contribution is 5.78. The van der Waals surface area contributed by atoms with E-state index in [1.807, 2.05) is 4.90 Å². The third-order valence-electron chi connectivity index (χ3n) is 5.50. The van der Waals surface area contributed by atoms with Crippen molar-refractivity contribution >= 4 is 11.8 Å². The van der Waals surface area contributed by atoms with Crippen LogP contribution in [0.15, 0.2) is 0 Å². The zero-order valence-corrected chi connectivity index (χ0v) is 14.1. The zero-order valence-electron chi connectivity index (χ0n) is 14.1. The second-order valence-electron chi connectivity index (χ2n) is 7.06. The summed E-state index contributed by atoms with van der Waals surface area (Å²) in [5.74, 6) is 0.294. The molecule has 0 spiro atoms. The molecule has 6 nitrogen and oxygen atoms in total. The van der Waals surface area contributed by atoms with Gasteiger partial charge in [0.25, 0.3) is 0 Å². The lowest BCUT2D eigenvalue weighted by atomic mass is 10.0. The van der Waals surface area contributed by atoms with E-state index in [9.17, 15) is 9.59 Å². The van der Waals surface area contributed by atoms with Gasteiger partial charge in [-0.25, -0.2) is 0 Å². The Labute approximate surface area is 138 Å². The van der Waals surface area contributed by atoms with Gasteiger partial charge in [-0.05, 0) is 45.1 Å². The molecule has 2 amide bonds. The molecule has 0 aliphatic carbocycles. The Bertz CT molecular complexity index is 437. The predicted octanol–water partition coefficient (Wildman–Crippen LogP) is 0.757. The van der Waals surface area contributed by atoms with Gasteiger partial charge >= 0.3 is 0 Å². The van der Waals surface area contributed by atoms with E-state index in [0.717, 1.165) is 64.8 Å². The summed E-state index contributed by atoms with van der Waals surface area (Å²) >= 11 is 0. The zero-order chi connectivity index (χ0) is 16.2. The first-order valence-corrected chi connectivity index (χ1v) is 9.03. The molecule has 130 valence electrons. The fourth-order valence-corrected chi connectivity index (χ4v) is 4.37. The number of hydrogen-bond donors (Lipinski definition) is 1. The summed E-state index contributed by atoms with van der Waals surface area (Å²) < 4.78 is 5.33. The van der Waals surface area contributed by atoms with Crippen LogP contribution in [0.4, 0.5) is 0 Å². The second kappa shape index (κ2) is 7.62. The van der Waals surface area contributed by atoms with Crippen LogP contribution in [0.3, 0.4) is 0 Å². The maximum atomic E-state index is 12.4. The predicted molar refractivity (Wildman–Crippen MR) is 87.0 cm³/mol. The van der Waals surface area contributed by atoms with E-state index >= 15 is 0 Å². The molecular formula is C17H29N3O3. The molecule has 3 fully saturated rings. The van der Waals surface area contributed by atoms with Crippen LogP contribution in [0.1, 0.15) is 45.4 Å². The molecule has 3 rings (SSSR count). The molecule has 3 aliphatic rings. The largest absolute Gasteiger partial charge is 0.381 e. The van der Waals surface area contributed by atoms with E-state index in [0.29, 0.717) is 18.6 Å². The number of likely N-dealkylation sites (tertiary alicyclic amines) is 2. The van der Waals surface area contributed by atoms with Crippen LogP contribution in [-0.4, -0.2) is 72.6 Å². The van der Waals surface area contributed by atoms with Crippen LogP contribution in [0.5, 0.6) is 0 Å². The Kier molecular flexibility index (Phi) is 5.54. The van der Waals surface area contributed by atoms with Crippen molar-refractivity contribution in [3.63, 3.8) is 0 Å². The third kappa shape index (κ3) is 4.04. The third-order valence-corrected chi connectivity index (χ3v) is 5.50. The second-order valence-corrected chi connectivity index (χ2v) is 7.06. The van der Waals surface area contributed by atoms with Gasteiger partial charge in [-0.3, -0.25) is 14.5 Å². The van der Waals surface area contributed by atoms with Crippen molar-refractivity contribution in [2.45, 2.75) is 63.6 Å². The SMILES string of the molecule is CC(=O)N1CCCC1C1CCCN1CC(=O)NC1CCOCC1. The lowest BCUT2D eigenvalue weighted by Crippen LogP contribution is -2.51. The van der Waals surface area contributed by atoms with Crippen LogP contribution in [-0.2, 0) is 14.3 Å². The lowest BCUT2D eigenvalue weighted by Gasteiger charge is -2.34. The molecule has 0 aromatic heterocycles. The van der Waals surface area contributed by atoms with Crippen LogP contribution < -0.4 is 5.32 Å². The van der Waals surface area contributed by atoms with Crippen molar-refractivity contribution in [2.24, 2.45) is 0 Å². The molecule has 23 heavy (non-hydrogen) atoms. The van der Waals surface area contributed by atoms with Gasteiger partial charge in [0.1, 0.15) is 0 Å². The summed E-state index contributed by atoms with van der Waals surface area (Å²) in [6, 6.07) is 0.908. The first-order chi connectivity index (χ1) is 11.1. The van der Waals surface area contributed by atoms with E-state index in [4.69, 9.17) is 4.74 Å². The molecule has 0 aromatic rings. The van der Waals surface area contributed by atoms with Gasteiger partial charge in [-0.1, -0.05) is 0 Å². The minimum atomic E-state index is 0.121. The highest BCUT2D eigenvalue weighted by Crippen LogP contribution is 2.29. The van der Waals surface area contributed by atoms with E-state index < -0.39 is 0 Å². The topological polar surface area (TPSA) is 61.9 Å².